The molecule has 0 spiro atoms. The van der Waals surface area contributed by atoms with E-state index in [1.54, 1.807) is 0 Å². The zero-order valence-corrected chi connectivity index (χ0v) is 10.9. The molecule has 4 nitrogen and oxygen atoms in total. The summed E-state index contributed by atoms with van der Waals surface area (Å²) in [6.07, 6.45) is 1.81. The van der Waals surface area contributed by atoms with Crippen molar-refractivity contribution in [3.05, 3.63) is 36.0 Å². The standard InChI is InChI=1S/C14H19N3O/c1-3-18-9-8-17-13(10-16-14(17)15)12-6-4-11(2)5-7-12/h4-7,10H,3,8-9H2,1-2H3,(H2,15,16). The van der Waals surface area contributed by atoms with Crippen LogP contribution < -0.4 is 5.73 Å². The van der Waals surface area contributed by atoms with Gasteiger partial charge in [-0.1, -0.05) is 29.8 Å². The van der Waals surface area contributed by atoms with Gasteiger partial charge in [0.15, 0.2) is 0 Å². The number of nitrogens with two attached hydrogens (primary N) is 1. The van der Waals surface area contributed by atoms with Gasteiger partial charge in [0.1, 0.15) is 0 Å². The van der Waals surface area contributed by atoms with Gasteiger partial charge in [0.2, 0.25) is 5.95 Å². The van der Waals surface area contributed by atoms with Crippen LogP contribution in [-0.2, 0) is 11.3 Å². The van der Waals surface area contributed by atoms with Crippen LogP contribution >= 0.6 is 0 Å². The molecule has 0 aliphatic heterocycles. The molecule has 0 amide bonds. The molecule has 4 heteroatoms. The highest BCUT2D eigenvalue weighted by atomic mass is 16.5. The van der Waals surface area contributed by atoms with Crippen molar-refractivity contribution in [3.8, 4) is 11.3 Å². The summed E-state index contributed by atoms with van der Waals surface area (Å²) in [7, 11) is 0. The van der Waals surface area contributed by atoms with Crippen molar-refractivity contribution < 1.29 is 4.74 Å². The first-order valence-electron chi connectivity index (χ1n) is 6.18. The second-order valence-electron chi connectivity index (χ2n) is 4.22. The molecule has 0 aliphatic rings. The first-order valence-corrected chi connectivity index (χ1v) is 6.18. The zero-order chi connectivity index (χ0) is 13.0. The van der Waals surface area contributed by atoms with Gasteiger partial charge in [-0.3, -0.25) is 0 Å². The number of aromatic nitrogens is 2. The number of anilines is 1. The Balaban J connectivity index is 2.24. The number of nitrogen functional groups attached to an aromatic ring is 1. The van der Waals surface area contributed by atoms with Gasteiger partial charge in [-0.05, 0) is 19.4 Å². The maximum Gasteiger partial charge on any atom is 0.200 e. The average Bonchev–Trinajstić information content (AvgIpc) is 2.73. The second-order valence-corrected chi connectivity index (χ2v) is 4.22. The molecule has 0 radical (unpaired) electrons. The third-order valence-electron chi connectivity index (χ3n) is 2.90. The maximum atomic E-state index is 5.89. The van der Waals surface area contributed by atoms with Crippen LogP contribution in [-0.4, -0.2) is 22.8 Å². The number of rotatable bonds is 5. The first-order chi connectivity index (χ1) is 8.72. The molecule has 1 aromatic heterocycles. The molecule has 0 saturated heterocycles. The predicted octanol–water partition coefficient (Wildman–Crippen LogP) is 2.48. The number of hydrogen-bond acceptors (Lipinski definition) is 3. The van der Waals surface area contributed by atoms with Crippen LogP contribution in [0.1, 0.15) is 12.5 Å². The molecule has 2 aromatic rings. The lowest BCUT2D eigenvalue weighted by atomic mass is 10.1. The topological polar surface area (TPSA) is 53.1 Å². The zero-order valence-electron chi connectivity index (χ0n) is 10.9. The Hall–Kier alpha value is -1.81. The monoisotopic (exact) mass is 245 g/mol. The van der Waals surface area contributed by atoms with Crippen molar-refractivity contribution in [3.63, 3.8) is 0 Å². The molecule has 1 heterocycles. The summed E-state index contributed by atoms with van der Waals surface area (Å²) in [4.78, 5) is 4.18. The predicted molar refractivity (Wildman–Crippen MR) is 73.3 cm³/mol. The molecule has 18 heavy (non-hydrogen) atoms. The van der Waals surface area contributed by atoms with Crippen molar-refractivity contribution in [2.24, 2.45) is 0 Å². The van der Waals surface area contributed by atoms with E-state index in [4.69, 9.17) is 10.5 Å². The molecule has 0 aliphatic carbocycles. The van der Waals surface area contributed by atoms with Crippen LogP contribution in [0.25, 0.3) is 11.3 Å². The highest BCUT2D eigenvalue weighted by Gasteiger charge is 2.08. The molecule has 2 rings (SSSR count). The summed E-state index contributed by atoms with van der Waals surface area (Å²) in [5.41, 5.74) is 9.29. The van der Waals surface area contributed by atoms with E-state index in [0.29, 0.717) is 19.2 Å². The summed E-state index contributed by atoms with van der Waals surface area (Å²) in [5, 5.41) is 0. The Labute approximate surface area is 107 Å². The number of nitrogens with zero attached hydrogens (tertiary/aromatic N) is 2. The van der Waals surface area contributed by atoms with E-state index in [2.05, 4.69) is 36.2 Å². The Morgan fingerprint density at radius 3 is 2.67 bits per heavy atom. The normalized spacial score (nSPS) is 10.8. The molecule has 0 atom stereocenters. The van der Waals surface area contributed by atoms with Crippen molar-refractivity contribution in [2.45, 2.75) is 20.4 Å². The van der Waals surface area contributed by atoms with Crippen molar-refractivity contribution in [1.29, 1.82) is 0 Å². The van der Waals surface area contributed by atoms with Crippen molar-refractivity contribution in [2.75, 3.05) is 18.9 Å². The minimum absolute atomic E-state index is 0.533. The summed E-state index contributed by atoms with van der Waals surface area (Å²) in [6.45, 7) is 6.15. The van der Waals surface area contributed by atoms with E-state index in [-0.39, 0.29) is 0 Å². The number of aryl methyl sites for hydroxylation is 1. The minimum atomic E-state index is 0.533. The summed E-state index contributed by atoms with van der Waals surface area (Å²) >= 11 is 0. The number of ether oxygens (including phenoxy) is 1. The molecule has 96 valence electrons. The maximum absolute atomic E-state index is 5.89. The number of benzene rings is 1. The van der Waals surface area contributed by atoms with Crippen LogP contribution in [0.15, 0.2) is 30.5 Å². The average molecular weight is 245 g/mol. The van der Waals surface area contributed by atoms with Crippen molar-refractivity contribution >= 4 is 5.95 Å². The Bertz CT molecular complexity index is 502. The molecule has 0 fully saturated rings. The second kappa shape index (κ2) is 5.69. The number of imidazole rings is 1. The fourth-order valence-electron chi connectivity index (χ4n) is 1.88. The molecule has 1 aromatic carbocycles. The van der Waals surface area contributed by atoms with Gasteiger partial charge in [-0.2, -0.15) is 0 Å². The van der Waals surface area contributed by atoms with Gasteiger partial charge in [-0.25, -0.2) is 4.98 Å². The Kier molecular flexibility index (Phi) is 3.99. The highest BCUT2D eigenvalue weighted by Crippen LogP contribution is 2.22. The highest BCUT2D eigenvalue weighted by molar-refractivity contribution is 5.61. The van der Waals surface area contributed by atoms with Gasteiger partial charge in [-0.15, -0.1) is 0 Å². The molecule has 2 N–H and O–H groups in total. The quantitative estimate of drug-likeness (QED) is 0.823. The third-order valence-corrected chi connectivity index (χ3v) is 2.90. The summed E-state index contributed by atoms with van der Waals surface area (Å²) in [5.74, 6) is 0.533. The smallest absolute Gasteiger partial charge is 0.200 e. The van der Waals surface area contributed by atoms with Gasteiger partial charge in [0, 0.05) is 13.2 Å². The summed E-state index contributed by atoms with van der Waals surface area (Å²) in [6, 6.07) is 8.35. The van der Waals surface area contributed by atoms with E-state index < -0.39 is 0 Å². The van der Waals surface area contributed by atoms with Crippen LogP contribution in [0.4, 0.5) is 5.95 Å². The lowest BCUT2D eigenvalue weighted by molar-refractivity contribution is 0.139. The van der Waals surface area contributed by atoms with E-state index in [0.717, 1.165) is 17.8 Å². The van der Waals surface area contributed by atoms with Gasteiger partial charge in [0.05, 0.1) is 18.5 Å². The Morgan fingerprint density at radius 2 is 2.00 bits per heavy atom. The van der Waals surface area contributed by atoms with E-state index in [9.17, 15) is 0 Å². The molecular formula is C14H19N3O. The lowest BCUT2D eigenvalue weighted by Crippen LogP contribution is -2.10. The van der Waals surface area contributed by atoms with Crippen LogP contribution in [0.5, 0.6) is 0 Å². The number of hydrogen-bond donors (Lipinski definition) is 1. The molecule has 0 unspecified atom stereocenters. The van der Waals surface area contributed by atoms with Crippen LogP contribution in [0, 0.1) is 6.92 Å². The van der Waals surface area contributed by atoms with Gasteiger partial charge >= 0.3 is 0 Å². The van der Waals surface area contributed by atoms with E-state index in [1.807, 2.05) is 17.7 Å². The van der Waals surface area contributed by atoms with Crippen LogP contribution in [0.3, 0.4) is 0 Å². The fraction of sp³-hybridized carbons (Fsp3) is 0.357. The lowest BCUT2D eigenvalue weighted by Gasteiger charge is -2.10. The third kappa shape index (κ3) is 2.71. The van der Waals surface area contributed by atoms with Gasteiger partial charge in [0.25, 0.3) is 0 Å². The SMILES string of the molecule is CCOCCn1c(-c2ccc(C)cc2)cnc1N. The first kappa shape index (κ1) is 12.6. The fourth-order valence-corrected chi connectivity index (χ4v) is 1.88. The largest absolute Gasteiger partial charge is 0.380 e. The minimum Gasteiger partial charge on any atom is -0.380 e. The van der Waals surface area contributed by atoms with E-state index >= 15 is 0 Å². The summed E-state index contributed by atoms with van der Waals surface area (Å²) < 4.78 is 7.35. The Morgan fingerprint density at radius 1 is 1.28 bits per heavy atom. The molecular weight excluding hydrogens is 226 g/mol. The van der Waals surface area contributed by atoms with Crippen molar-refractivity contribution in [1.82, 2.24) is 9.55 Å². The molecule has 0 saturated carbocycles. The van der Waals surface area contributed by atoms with E-state index in [1.165, 1.54) is 5.56 Å². The van der Waals surface area contributed by atoms with Gasteiger partial charge < -0.3 is 15.0 Å². The molecule has 0 bridgehead atoms. The van der Waals surface area contributed by atoms with Crippen LogP contribution in [0.2, 0.25) is 0 Å².